The highest BCUT2D eigenvalue weighted by Crippen LogP contribution is 2.24. The van der Waals surface area contributed by atoms with Gasteiger partial charge in [0.05, 0.1) is 24.1 Å². The van der Waals surface area contributed by atoms with Gasteiger partial charge < -0.3 is 15.2 Å². The molecule has 1 aliphatic heterocycles. The van der Waals surface area contributed by atoms with Crippen molar-refractivity contribution in [1.82, 2.24) is 24.8 Å². The maximum Gasteiger partial charge on any atom is 0.323 e. The number of nitrogens with one attached hydrogen (secondary N) is 2. The molecule has 3 aromatic rings. The summed E-state index contributed by atoms with van der Waals surface area (Å²) < 4.78 is 1.93. The lowest BCUT2D eigenvalue weighted by Crippen LogP contribution is -2.38. The van der Waals surface area contributed by atoms with Crippen molar-refractivity contribution in [3.63, 3.8) is 0 Å². The molecular formula is C21H24ClN7O. The Morgan fingerprint density at radius 3 is 2.67 bits per heavy atom. The molecule has 0 radical (unpaired) electrons. The molecule has 1 aromatic carbocycles. The van der Waals surface area contributed by atoms with Crippen LogP contribution >= 0.6 is 11.6 Å². The number of aromatic nitrogens is 4. The molecule has 2 aromatic heterocycles. The maximum atomic E-state index is 12.3. The van der Waals surface area contributed by atoms with E-state index in [0.29, 0.717) is 29.3 Å². The van der Waals surface area contributed by atoms with E-state index in [4.69, 9.17) is 11.6 Å². The van der Waals surface area contributed by atoms with Gasteiger partial charge in [0, 0.05) is 29.6 Å². The standard InChI is InChI=1S/C21H24ClN7O/c1-13(2)18-10-24-21(30)29(18)19-8-9-23-20(27-19)26-14(3)17-11-28(12-25-17)16-6-4-15(22)5-7-16/h4-9,11-14,18H,10H2,1-3H3,(H,24,30)(H,23,26,27)/t14?,18-/m1/s1. The quantitative estimate of drug-likeness (QED) is 0.622. The smallest absolute Gasteiger partial charge is 0.323 e. The summed E-state index contributed by atoms with van der Waals surface area (Å²) in [6.45, 7) is 6.79. The van der Waals surface area contributed by atoms with Crippen LogP contribution < -0.4 is 15.5 Å². The van der Waals surface area contributed by atoms with Crippen molar-refractivity contribution in [2.75, 3.05) is 16.8 Å². The van der Waals surface area contributed by atoms with E-state index in [-0.39, 0.29) is 18.1 Å². The second-order valence-corrected chi connectivity index (χ2v) is 8.09. The van der Waals surface area contributed by atoms with Crippen LogP contribution in [0.15, 0.2) is 49.1 Å². The van der Waals surface area contributed by atoms with Gasteiger partial charge in [-0.25, -0.2) is 14.8 Å². The number of hydrogen-bond acceptors (Lipinski definition) is 5. The first-order chi connectivity index (χ1) is 14.4. The van der Waals surface area contributed by atoms with Crippen molar-refractivity contribution < 1.29 is 4.79 Å². The third-order valence-electron chi connectivity index (χ3n) is 5.19. The Hall–Kier alpha value is -3.13. The SMILES string of the molecule is CC(Nc1nccc(N2C(=O)NC[C@@H]2C(C)C)n1)c1cn(-c2ccc(Cl)cc2)cn1. The average Bonchev–Trinajstić information content (AvgIpc) is 3.36. The summed E-state index contributed by atoms with van der Waals surface area (Å²) in [5.74, 6) is 1.34. The third kappa shape index (κ3) is 4.09. The molecule has 30 heavy (non-hydrogen) atoms. The topological polar surface area (TPSA) is 88.0 Å². The van der Waals surface area contributed by atoms with Crippen molar-refractivity contribution in [2.24, 2.45) is 5.92 Å². The fourth-order valence-corrected chi connectivity index (χ4v) is 3.59. The van der Waals surface area contributed by atoms with Crippen LogP contribution in [0.2, 0.25) is 5.02 Å². The predicted octanol–water partition coefficient (Wildman–Crippen LogP) is 4.04. The first-order valence-corrected chi connectivity index (χ1v) is 10.3. The summed E-state index contributed by atoms with van der Waals surface area (Å²) >= 11 is 5.96. The molecule has 9 heteroatoms. The number of nitrogens with zero attached hydrogens (tertiary/aromatic N) is 5. The predicted molar refractivity (Wildman–Crippen MR) is 117 cm³/mol. The van der Waals surface area contributed by atoms with Crippen molar-refractivity contribution in [3.8, 4) is 5.69 Å². The molecule has 0 aliphatic carbocycles. The van der Waals surface area contributed by atoms with Crippen LogP contribution in [-0.2, 0) is 0 Å². The molecule has 4 rings (SSSR count). The summed E-state index contributed by atoms with van der Waals surface area (Å²) in [6.07, 6.45) is 5.37. The van der Waals surface area contributed by atoms with Crippen molar-refractivity contribution in [3.05, 3.63) is 59.8 Å². The summed E-state index contributed by atoms with van der Waals surface area (Å²) in [6, 6.07) is 9.12. The lowest BCUT2D eigenvalue weighted by Gasteiger charge is -2.25. The Bertz CT molecular complexity index is 1030. The summed E-state index contributed by atoms with van der Waals surface area (Å²) in [5.41, 5.74) is 1.82. The van der Waals surface area contributed by atoms with Crippen LogP contribution in [0.25, 0.3) is 5.69 Å². The Labute approximate surface area is 180 Å². The summed E-state index contributed by atoms with van der Waals surface area (Å²) in [7, 11) is 0. The van der Waals surface area contributed by atoms with Gasteiger partial charge in [-0.2, -0.15) is 4.98 Å². The van der Waals surface area contributed by atoms with Gasteiger partial charge in [0.2, 0.25) is 5.95 Å². The Kier molecular flexibility index (Phi) is 5.59. The number of anilines is 2. The van der Waals surface area contributed by atoms with Gasteiger partial charge in [0.25, 0.3) is 0 Å². The zero-order valence-electron chi connectivity index (χ0n) is 17.1. The first kappa shape index (κ1) is 20.2. The van der Waals surface area contributed by atoms with Crippen LogP contribution in [0.1, 0.15) is 32.5 Å². The largest absolute Gasteiger partial charge is 0.346 e. The minimum atomic E-state index is -0.131. The lowest BCUT2D eigenvalue weighted by atomic mass is 10.0. The molecule has 2 N–H and O–H groups in total. The first-order valence-electron chi connectivity index (χ1n) is 9.89. The van der Waals surface area contributed by atoms with Gasteiger partial charge in [-0.3, -0.25) is 4.90 Å². The zero-order chi connectivity index (χ0) is 21.3. The van der Waals surface area contributed by atoms with E-state index in [1.807, 2.05) is 42.0 Å². The summed E-state index contributed by atoms with van der Waals surface area (Å²) in [5, 5.41) is 6.86. The summed E-state index contributed by atoms with van der Waals surface area (Å²) in [4.78, 5) is 27.4. The number of amides is 2. The fraction of sp³-hybridized carbons (Fsp3) is 0.333. The molecule has 1 fully saturated rings. The van der Waals surface area contributed by atoms with E-state index in [9.17, 15) is 4.79 Å². The molecule has 156 valence electrons. The number of halogens is 1. The number of carbonyl (C=O) groups excluding carboxylic acids is 1. The van der Waals surface area contributed by atoms with Crippen molar-refractivity contribution in [2.45, 2.75) is 32.9 Å². The van der Waals surface area contributed by atoms with Gasteiger partial charge in [-0.1, -0.05) is 25.4 Å². The van der Waals surface area contributed by atoms with E-state index in [1.54, 1.807) is 23.5 Å². The van der Waals surface area contributed by atoms with E-state index in [0.717, 1.165) is 11.4 Å². The number of benzene rings is 1. The Morgan fingerprint density at radius 1 is 1.17 bits per heavy atom. The van der Waals surface area contributed by atoms with E-state index in [1.165, 1.54) is 0 Å². The van der Waals surface area contributed by atoms with E-state index < -0.39 is 0 Å². The van der Waals surface area contributed by atoms with E-state index in [2.05, 4.69) is 39.4 Å². The monoisotopic (exact) mass is 425 g/mol. The van der Waals surface area contributed by atoms with Crippen LogP contribution in [0.3, 0.4) is 0 Å². The minimum absolute atomic E-state index is 0.0627. The molecule has 8 nitrogen and oxygen atoms in total. The maximum absolute atomic E-state index is 12.3. The number of rotatable bonds is 6. The number of imidazole rings is 1. The highest BCUT2D eigenvalue weighted by Gasteiger charge is 2.34. The molecule has 2 atom stereocenters. The molecule has 3 heterocycles. The van der Waals surface area contributed by atoms with Crippen LogP contribution in [0.4, 0.5) is 16.6 Å². The number of hydrogen-bond donors (Lipinski definition) is 2. The van der Waals surface area contributed by atoms with Crippen LogP contribution in [-0.4, -0.2) is 38.1 Å². The molecular weight excluding hydrogens is 402 g/mol. The lowest BCUT2D eigenvalue weighted by molar-refractivity contribution is 0.251. The molecule has 2 amide bonds. The number of carbonyl (C=O) groups is 1. The van der Waals surface area contributed by atoms with Crippen molar-refractivity contribution in [1.29, 1.82) is 0 Å². The van der Waals surface area contributed by atoms with Gasteiger partial charge in [-0.15, -0.1) is 0 Å². The van der Waals surface area contributed by atoms with Crippen LogP contribution in [0.5, 0.6) is 0 Å². The van der Waals surface area contributed by atoms with E-state index >= 15 is 0 Å². The second kappa shape index (κ2) is 8.31. The molecule has 1 unspecified atom stereocenters. The van der Waals surface area contributed by atoms with Crippen LogP contribution in [0, 0.1) is 5.92 Å². The van der Waals surface area contributed by atoms with Crippen molar-refractivity contribution >= 4 is 29.4 Å². The molecule has 1 saturated heterocycles. The zero-order valence-corrected chi connectivity index (χ0v) is 17.8. The van der Waals surface area contributed by atoms with Gasteiger partial charge in [-0.05, 0) is 43.2 Å². The molecule has 0 spiro atoms. The Morgan fingerprint density at radius 2 is 1.93 bits per heavy atom. The highest BCUT2D eigenvalue weighted by atomic mass is 35.5. The Balaban J connectivity index is 1.50. The third-order valence-corrected chi connectivity index (χ3v) is 5.44. The normalized spacial score (nSPS) is 17.3. The van der Waals surface area contributed by atoms with Gasteiger partial charge in [0.1, 0.15) is 5.82 Å². The average molecular weight is 426 g/mol. The molecule has 0 bridgehead atoms. The molecule has 1 aliphatic rings. The van der Waals surface area contributed by atoms with Gasteiger partial charge in [0.15, 0.2) is 0 Å². The van der Waals surface area contributed by atoms with Gasteiger partial charge >= 0.3 is 6.03 Å². The minimum Gasteiger partial charge on any atom is -0.346 e. The molecule has 0 saturated carbocycles. The highest BCUT2D eigenvalue weighted by molar-refractivity contribution is 6.30. The fourth-order valence-electron chi connectivity index (χ4n) is 3.46. The second-order valence-electron chi connectivity index (χ2n) is 7.65. The number of urea groups is 1.